The normalized spacial score (nSPS) is 16.0. The lowest BCUT2D eigenvalue weighted by atomic mass is 10.0. The molecule has 9 heteroatoms. The highest BCUT2D eigenvalue weighted by Gasteiger charge is 2.32. The molecule has 0 saturated carbocycles. The minimum absolute atomic E-state index is 0.0321. The van der Waals surface area contributed by atoms with E-state index in [1.165, 1.54) is 24.3 Å². The second-order valence-corrected chi connectivity index (χ2v) is 5.84. The monoisotopic (exact) mass is 356 g/mol. The predicted molar refractivity (Wildman–Crippen MR) is 93.7 cm³/mol. The molecule has 134 valence electrons. The van der Waals surface area contributed by atoms with E-state index in [-0.39, 0.29) is 17.8 Å². The van der Waals surface area contributed by atoms with Crippen molar-refractivity contribution in [3.05, 3.63) is 63.7 Å². The first kappa shape index (κ1) is 17.4. The van der Waals surface area contributed by atoms with Gasteiger partial charge in [-0.2, -0.15) is 0 Å². The number of non-ortho nitro benzene ring substituents is 1. The summed E-state index contributed by atoms with van der Waals surface area (Å²) in [6.45, 7) is -0.157. The van der Waals surface area contributed by atoms with Crippen molar-refractivity contribution in [3.63, 3.8) is 0 Å². The summed E-state index contributed by atoms with van der Waals surface area (Å²) < 4.78 is 0. The van der Waals surface area contributed by atoms with Crippen LogP contribution in [-0.2, 0) is 11.3 Å². The Hall–Kier alpha value is -3.46. The van der Waals surface area contributed by atoms with E-state index in [1.807, 2.05) is 0 Å². The van der Waals surface area contributed by atoms with Gasteiger partial charge in [0.1, 0.15) is 6.04 Å². The zero-order chi connectivity index (χ0) is 18.8. The Balaban J connectivity index is 1.97. The summed E-state index contributed by atoms with van der Waals surface area (Å²) in [5.41, 5.74) is 7.25. The molecule has 2 amide bonds. The van der Waals surface area contributed by atoms with Gasteiger partial charge in [-0.05, 0) is 23.8 Å². The molecule has 0 aromatic heterocycles. The number of nitro benzene ring substituents is 1. The topological polar surface area (TPSA) is 139 Å². The van der Waals surface area contributed by atoms with E-state index in [4.69, 9.17) is 5.73 Å². The average Bonchev–Trinajstić information content (AvgIpc) is 2.61. The number of hydrogen-bond donors (Lipinski definition) is 3. The van der Waals surface area contributed by atoms with Crippen molar-refractivity contribution in [3.8, 4) is 0 Å². The number of fused-ring (bicyclic) bond motifs is 1. The zero-order valence-electron chi connectivity index (χ0n) is 13.6. The number of nitrogens with two attached hydrogens (primary N) is 1. The van der Waals surface area contributed by atoms with Crippen LogP contribution in [0.15, 0.2) is 42.5 Å². The number of primary amides is 1. The summed E-state index contributed by atoms with van der Waals surface area (Å²) in [5.74, 6) is -1.03. The average molecular weight is 356 g/mol. The molecule has 2 aromatic rings. The van der Waals surface area contributed by atoms with Gasteiger partial charge >= 0.3 is 0 Å². The Kier molecular flexibility index (Phi) is 4.55. The Morgan fingerprint density at radius 2 is 1.96 bits per heavy atom. The molecule has 1 heterocycles. The SMILES string of the molecule is NC(=O)c1ccc2c(c1)NC(=O)C(CO)N2Cc1ccc([N+](=O)[O-])cc1. The lowest BCUT2D eigenvalue weighted by Gasteiger charge is -2.37. The number of carbonyl (C=O) groups is 2. The number of rotatable bonds is 5. The van der Waals surface area contributed by atoms with Crippen LogP contribution in [-0.4, -0.2) is 34.5 Å². The summed E-state index contributed by atoms with van der Waals surface area (Å²) in [7, 11) is 0. The molecule has 26 heavy (non-hydrogen) atoms. The molecule has 0 saturated heterocycles. The molecule has 0 fully saturated rings. The van der Waals surface area contributed by atoms with Crippen LogP contribution in [0.25, 0.3) is 0 Å². The first-order chi connectivity index (χ1) is 12.4. The fourth-order valence-corrected chi connectivity index (χ4v) is 2.86. The van der Waals surface area contributed by atoms with Crippen LogP contribution < -0.4 is 16.0 Å². The molecule has 0 spiro atoms. The molecule has 4 N–H and O–H groups in total. The van der Waals surface area contributed by atoms with Gasteiger partial charge in [0.25, 0.3) is 5.69 Å². The van der Waals surface area contributed by atoms with Crippen molar-refractivity contribution in [2.24, 2.45) is 5.73 Å². The summed E-state index contributed by atoms with van der Waals surface area (Å²) in [5, 5.41) is 23.1. The highest BCUT2D eigenvalue weighted by atomic mass is 16.6. The van der Waals surface area contributed by atoms with Crippen LogP contribution in [0.5, 0.6) is 0 Å². The minimum atomic E-state index is -0.822. The minimum Gasteiger partial charge on any atom is -0.394 e. The number of anilines is 2. The van der Waals surface area contributed by atoms with Gasteiger partial charge < -0.3 is 21.1 Å². The van der Waals surface area contributed by atoms with E-state index in [0.717, 1.165) is 5.56 Å². The summed E-state index contributed by atoms with van der Waals surface area (Å²) in [6.07, 6.45) is 0. The number of carbonyl (C=O) groups excluding carboxylic acids is 2. The Morgan fingerprint density at radius 1 is 1.27 bits per heavy atom. The van der Waals surface area contributed by atoms with Gasteiger partial charge in [-0.15, -0.1) is 0 Å². The molecule has 1 atom stereocenters. The number of hydrogen-bond acceptors (Lipinski definition) is 6. The van der Waals surface area contributed by atoms with Crippen LogP contribution in [0.2, 0.25) is 0 Å². The smallest absolute Gasteiger partial charge is 0.269 e. The third-order valence-corrected chi connectivity index (χ3v) is 4.20. The van der Waals surface area contributed by atoms with Crippen molar-refractivity contribution in [2.75, 3.05) is 16.8 Å². The molecule has 0 aliphatic carbocycles. The van der Waals surface area contributed by atoms with Crippen LogP contribution in [0.3, 0.4) is 0 Å². The summed E-state index contributed by atoms with van der Waals surface area (Å²) in [6, 6.07) is 9.78. The number of nitro groups is 1. The molecule has 0 bridgehead atoms. The molecule has 1 unspecified atom stereocenters. The van der Waals surface area contributed by atoms with Crippen LogP contribution >= 0.6 is 0 Å². The van der Waals surface area contributed by atoms with Crippen molar-refractivity contribution in [1.82, 2.24) is 0 Å². The van der Waals surface area contributed by atoms with E-state index in [2.05, 4.69) is 5.32 Å². The summed E-state index contributed by atoms with van der Waals surface area (Å²) in [4.78, 5) is 35.6. The summed E-state index contributed by atoms with van der Waals surface area (Å²) >= 11 is 0. The maximum absolute atomic E-state index is 12.3. The number of nitrogens with one attached hydrogen (secondary N) is 1. The number of amides is 2. The molecular formula is C17H16N4O5. The first-order valence-electron chi connectivity index (χ1n) is 7.76. The van der Waals surface area contributed by atoms with E-state index in [0.29, 0.717) is 11.4 Å². The van der Waals surface area contributed by atoms with E-state index >= 15 is 0 Å². The molecule has 1 aliphatic heterocycles. The fraction of sp³-hybridized carbons (Fsp3) is 0.176. The number of aliphatic hydroxyl groups is 1. The van der Waals surface area contributed by atoms with Crippen molar-refractivity contribution < 1.29 is 19.6 Å². The van der Waals surface area contributed by atoms with Gasteiger partial charge in [-0.25, -0.2) is 0 Å². The largest absolute Gasteiger partial charge is 0.394 e. The van der Waals surface area contributed by atoms with E-state index < -0.39 is 29.4 Å². The maximum Gasteiger partial charge on any atom is 0.269 e. The van der Waals surface area contributed by atoms with Gasteiger partial charge in [0.15, 0.2) is 0 Å². The molecule has 9 nitrogen and oxygen atoms in total. The highest BCUT2D eigenvalue weighted by Crippen LogP contribution is 2.34. The lowest BCUT2D eigenvalue weighted by molar-refractivity contribution is -0.384. The second-order valence-electron chi connectivity index (χ2n) is 5.84. The molecule has 3 rings (SSSR count). The van der Waals surface area contributed by atoms with Crippen LogP contribution in [0.1, 0.15) is 15.9 Å². The molecule has 0 radical (unpaired) electrons. The van der Waals surface area contributed by atoms with Gasteiger partial charge in [0.2, 0.25) is 11.8 Å². The number of aliphatic hydroxyl groups excluding tert-OH is 1. The second kappa shape index (κ2) is 6.81. The Bertz CT molecular complexity index is 881. The zero-order valence-corrected chi connectivity index (χ0v) is 13.6. The lowest BCUT2D eigenvalue weighted by Crippen LogP contribution is -2.49. The van der Waals surface area contributed by atoms with Crippen LogP contribution in [0, 0.1) is 10.1 Å². The van der Waals surface area contributed by atoms with Gasteiger partial charge in [0.05, 0.1) is 22.9 Å². The third-order valence-electron chi connectivity index (χ3n) is 4.20. The van der Waals surface area contributed by atoms with Crippen LogP contribution in [0.4, 0.5) is 17.1 Å². The van der Waals surface area contributed by atoms with Gasteiger partial charge in [-0.1, -0.05) is 12.1 Å². The molecule has 2 aromatic carbocycles. The standard InChI is InChI=1S/C17H16N4O5/c18-16(23)11-3-6-14-13(7-11)19-17(24)15(9-22)20(14)8-10-1-4-12(5-2-10)21(25)26/h1-7,15,22H,8-9H2,(H2,18,23)(H,19,24). The molecular weight excluding hydrogens is 340 g/mol. The maximum atomic E-state index is 12.3. The number of nitrogens with zero attached hydrogens (tertiary/aromatic N) is 2. The molecule has 1 aliphatic rings. The van der Waals surface area contributed by atoms with Crippen molar-refractivity contribution in [1.29, 1.82) is 0 Å². The number of benzene rings is 2. The fourth-order valence-electron chi connectivity index (χ4n) is 2.86. The first-order valence-corrected chi connectivity index (χ1v) is 7.76. The Morgan fingerprint density at radius 3 is 2.54 bits per heavy atom. The van der Waals surface area contributed by atoms with E-state index in [1.54, 1.807) is 23.1 Å². The Labute approximate surface area is 148 Å². The third kappa shape index (κ3) is 3.20. The van der Waals surface area contributed by atoms with Crippen molar-refractivity contribution in [2.45, 2.75) is 12.6 Å². The van der Waals surface area contributed by atoms with Gasteiger partial charge in [0, 0.05) is 24.2 Å². The quantitative estimate of drug-likeness (QED) is 0.540. The van der Waals surface area contributed by atoms with Crippen molar-refractivity contribution >= 4 is 28.9 Å². The predicted octanol–water partition coefficient (Wildman–Crippen LogP) is 1.01. The van der Waals surface area contributed by atoms with E-state index in [9.17, 15) is 24.8 Å². The highest BCUT2D eigenvalue weighted by molar-refractivity contribution is 6.05. The van der Waals surface area contributed by atoms with Gasteiger partial charge in [-0.3, -0.25) is 19.7 Å².